The molecule has 8 heteroatoms. The summed E-state index contributed by atoms with van der Waals surface area (Å²) in [5.41, 5.74) is 0.565. The second-order valence-electron chi connectivity index (χ2n) is 5.33. The van der Waals surface area contributed by atoms with Gasteiger partial charge in [-0.15, -0.1) is 10.2 Å². The van der Waals surface area contributed by atoms with E-state index in [2.05, 4.69) is 10.2 Å². The highest BCUT2D eigenvalue weighted by Gasteiger charge is 2.19. The summed E-state index contributed by atoms with van der Waals surface area (Å²) in [5, 5.41) is 8.30. The minimum absolute atomic E-state index is 0.129. The first kappa shape index (κ1) is 17.9. The van der Waals surface area contributed by atoms with E-state index in [0.717, 1.165) is 0 Å². The number of carbonyl (C=O) groups is 1. The van der Waals surface area contributed by atoms with E-state index >= 15 is 0 Å². The molecule has 0 saturated carbocycles. The van der Waals surface area contributed by atoms with Crippen LogP contribution in [0.25, 0.3) is 11.5 Å². The summed E-state index contributed by atoms with van der Waals surface area (Å²) >= 11 is 5.78. The first-order valence-electron chi connectivity index (χ1n) is 7.68. The molecule has 0 amide bonds. The lowest BCUT2D eigenvalue weighted by Gasteiger charge is -2.10. The zero-order valence-corrected chi connectivity index (χ0v) is 14.4. The van der Waals surface area contributed by atoms with Gasteiger partial charge in [-0.3, -0.25) is 0 Å². The number of aromatic nitrogens is 2. The molecule has 3 rings (SSSR count). The van der Waals surface area contributed by atoms with Gasteiger partial charge in [-0.25, -0.2) is 9.18 Å². The number of ether oxygens (including phenoxy) is 2. The van der Waals surface area contributed by atoms with Crippen LogP contribution in [0.3, 0.4) is 0 Å². The second kappa shape index (κ2) is 7.97. The Hall–Kier alpha value is -2.93. The van der Waals surface area contributed by atoms with Crippen LogP contribution in [-0.2, 0) is 9.53 Å². The Balaban J connectivity index is 1.55. The Morgan fingerprint density at radius 2 is 1.85 bits per heavy atom. The smallest absolute Gasteiger partial charge is 0.344 e. The van der Waals surface area contributed by atoms with Crippen LogP contribution in [0.15, 0.2) is 52.9 Å². The molecule has 6 nitrogen and oxygen atoms in total. The summed E-state index contributed by atoms with van der Waals surface area (Å²) in [6.45, 7) is 1.33. The predicted molar refractivity (Wildman–Crippen MR) is 91.1 cm³/mol. The van der Waals surface area contributed by atoms with Crippen LogP contribution in [0.1, 0.15) is 18.9 Å². The van der Waals surface area contributed by atoms with Gasteiger partial charge >= 0.3 is 5.97 Å². The van der Waals surface area contributed by atoms with Crippen LogP contribution in [-0.4, -0.2) is 22.8 Å². The number of esters is 1. The van der Waals surface area contributed by atoms with Gasteiger partial charge in [-0.2, -0.15) is 0 Å². The highest BCUT2D eigenvalue weighted by Crippen LogP contribution is 2.23. The maximum atomic E-state index is 13.0. The van der Waals surface area contributed by atoms with Crippen LogP contribution in [0.4, 0.5) is 4.39 Å². The average Bonchev–Trinajstić information content (AvgIpc) is 3.12. The lowest BCUT2D eigenvalue weighted by atomic mass is 10.2. The fourth-order valence-corrected chi connectivity index (χ4v) is 2.19. The minimum Gasteiger partial charge on any atom is -0.482 e. The van der Waals surface area contributed by atoms with Crippen molar-refractivity contribution in [1.82, 2.24) is 10.2 Å². The molecule has 1 heterocycles. The van der Waals surface area contributed by atoms with Crippen molar-refractivity contribution in [2.45, 2.75) is 13.0 Å². The molecular formula is C18H14ClFN2O4. The first-order chi connectivity index (χ1) is 12.5. The van der Waals surface area contributed by atoms with Crippen molar-refractivity contribution in [3.05, 3.63) is 65.3 Å². The summed E-state index contributed by atoms with van der Waals surface area (Å²) in [6.07, 6.45) is -0.752. The van der Waals surface area contributed by atoms with Crippen LogP contribution >= 0.6 is 11.6 Å². The second-order valence-corrected chi connectivity index (χ2v) is 5.76. The predicted octanol–water partition coefficient (Wildman–Crippen LogP) is 4.21. The van der Waals surface area contributed by atoms with E-state index < -0.39 is 12.1 Å². The molecule has 1 aromatic heterocycles. The van der Waals surface area contributed by atoms with E-state index in [1.165, 1.54) is 24.3 Å². The van der Waals surface area contributed by atoms with E-state index in [9.17, 15) is 9.18 Å². The van der Waals surface area contributed by atoms with Gasteiger partial charge in [0.2, 0.25) is 5.89 Å². The third-order valence-corrected chi connectivity index (χ3v) is 3.61. The molecule has 0 bridgehead atoms. The van der Waals surface area contributed by atoms with Gasteiger partial charge in [0.15, 0.2) is 12.7 Å². The Labute approximate surface area is 153 Å². The van der Waals surface area contributed by atoms with Crippen molar-refractivity contribution in [1.29, 1.82) is 0 Å². The van der Waals surface area contributed by atoms with Gasteiger partial charge in [-0.1, -0.05) is 11.6 Å². The number of hydrogen-bond donors (Lipinski definition) is 0. The molecule has 1 atom stereocenters. The summed E-state index contributed by atoms with van der Waals surface area (Å²) in [5.74, 6) is -0.120. The normalized spacial score (nSPS) is 11.8. The maximum Gasteiger partial charge on any atom is 0.344 e. The van der Waals surface area contributed by atoms with Crippen molar-refractivity contribution in [2.24, 2.45) is 0 Å². The molecule has 0 aliphatic heterocycles. The van der Waals surface area contributed by atoms with Gasteiger partial charge in [0.1, 0.15) is 11.6 Å². The molecule has 0 unspecified atom stereocenters. The SMILES string of the molecule is C[C@H](OC(=O)COc1ccc(Cl)cc1)c1nnc(-c2ccc(F)cc2)o1. The van der Waals surface area contributed by atoms with Crippen LogP contribution in [0.5, 0.6) is 5.75 Å². The molecule has 0 spiro atoms. The lowest BCUT2D eigenvalue weighted by molar-refractivity contribution is -0.152. The molecule has 0 radical (unpaired) electrons. The van der Waals surface area contributed by atoms with Gasteiger partial charge < -0.3 is 13.9 Å². The van der Waals surface area contributed by atoms with Gasteiger partial charge in [0.05, 0.1) is 0 Å². The van der Waals surface area contributed by atoms with Crippen molar-refractivity contribution in [3.63, 3.8) is 0 Å². The fraction of sp³-hybridized carbons (Fsp3) is 0.167. The number of rotatable bonds is 6. The number of hydrogen-bond acceptors (Lipinski definition) is 6. The zero-order chi connectivity index (χ0) is 18.5. The standard InChI is InChI=1S/C18H14ClFN2O4/c1-11(25-16(23)10-24-15-8-4-13(19)5-9-15)17-21-22-18(26-17)12-2-6-14(20)7-3-12/h2-9,11H,10H2,1H3/t11-/m0/s1. The Morgan fingerprint density at radius 1 is 1.15 bits per heavy atom. The van der Waals surface area contributed by atoms with E-state index in [-0.39, 0.29) is 24.2 Å². The summed E-state index contributed by atoms with van der Waals surface area (Å²) in [7, 11) is 0. The summed E-state index contributed by atoms with van der Waals surface area (Å²) < 4.78 is 28.9. The van der Waals surface area contributed by atoms with Gasteiger partial charge in [0.25, 0.3) is 5.89 Å². The number of carbonyl (C=O) groups excluding carboxylic acids is 1. The number of nitrogens with zero attached hydrogens (tertiary/aromatic N) is 2. The Kier molecular flexibility index (Phi) is 5.48. The van der Waals surface area contributed by atoms with E-state index in [1.807, 2.05) is 0 Å². The molecule has 26 heavy (non-hydrogen) atoms. The monoisotopic (exact) mass is 376 g/mol. The highest BCUT2D eigenvalue weighted by molar-refractivity contribution is 6.30. The largest absolute Gasteiger partial charge is 0.482 e. The lowest BCUT2D eigenvalue weighted by Crippen LogP contribution is -2.17. The number of halogens is 2. The number of benzene rings is 2. The quantitative estimate of drug-likeness (QED) is 0.600. The van der Waals surface area contributed by atoms with Crippen molar-refractivity contribution in [3.8, 4) is 17.2 Å². The third kappa shape index (κ3) is 4.58. The fourth-order valence-electron chi connectivity index (χ4n) is 2.06. The van der Waals surface area contributed by atoms with Crippen molar-refractivity contribution in [2.75, 3.05) is 6.61 Å². The molecule has 0 N–H and O–H groups in total. The highest BCUT2D eigenvalue weighted by atomic mass is 35.5. The topological polar surface area (TPSA) is 74.5 Å². The zero-order valence-electron chi connectivity index (χ0n) is 13.7. The molecule has 0 saturated heterocycles. The Morgan fingerprint density at radius 3 is 2.54 bits per heavy atom. The molecule has 134 valence electrons. The van der Waals surface area contributed by atoms with Gasteiger partial charge in [-0.05, 0) is 55.5 Å². The van der Waals surface area contributed by atoms with Crippen LogP contribution in [0.2, 0.25) is 5.02 Å². The molecule has 0 fully saturated rings. The van der Waals surface area contributed by atoms with Crippen molar-refractivity contribution >= 4 is 17.6 Å². The third-order valence-electron chi connectivity index (χ3n) is 3.36. The van der Waals surface area contributed by atoms with Crippen LogP contribution < -0.4 is 4.74 Å². The Bertz CT molecular complexity index is 881. The van der Waals surface area contributed by atoms with E-state index in [1.54, 1.807) is 31.2 Å². The minimum atomic E-state index is -0.752. The van der Waals surface area contributed by atoms with Crippen molar-refractivity contribution < 1.29 is 23.1 Å². The van der Waals surface area contributed by atoms with Gasteiger partial charge in [0, 0.05) is 10.6 Å². The average molecular weight is 377 g/mol. The molecule has 0 aliphatic rings. The van der Waals surface area contributed by atoms with E-state index in [4.69, 9.17) is 25.5 Å². The maximum absolute atomic E-state index is 13.0. The first-order valence-corrected chi connectivity index (χ1v) is 8.06. The van der Waals surface area contributed by atoms with Crippen LogP contribution in [0, 0.1) is 5.82 Å². The molecule has 2 aromatic carbocycles. The summed E-state index contributed by atoms with van der Waals surface area (Å²) in [4.78, 5) is 11.9. The molecule has 0 aliphatic carbocycles. The van der Waals surface area contributed by atoms with E-state index in [0.29, 0.717) is 16.3 Å². The molecule has 3 aromatic rings. The summed E-state index contributed by atoms with van der Waals surface area (Å²) in [6, 6.07) is 12.2. The molecular weight excluding hydrogens is 363 g/mol.